The van der Waals surface area contributed by atoms with E-state index in [9.17, 15) is 9.59 Å². The molecule has 0 saturated carbocycles. The number of hydrogen-bond acceptors (Lipinski definition) is 6. The predicted octanol–water partition coefficient (Wildman–Crippen LogP) is 4.32. The maximum Gasteiger partial charge on any atom is 0.306 e. The molecule has 0 aliphatic heterocycles. The van der Waals surface area contributed by atoms with Gasteiger partial charge in [0.15, 0.2) is 6.61 Å². The number of rotatable bonds is 10. The molecule has 3 rings (SSSR count). The van der Waals surface area contributed by atoms with Gasteiger partial charge in [0.25, 0.3) is 5.91 Å². The molecule has 0 radical (unpaired) electrons. The van der Waals surface area contributed by atoms with Gasteiger partial charge in [0, 0.05) is 17.5 Å². The maximum atomic E-state index is 12.2. The molecular formula is C25H27NO6. The van der Waals surface area contributed by atoms with Crippen LogP contribution in [0, 0.1) is 0 Å². The van der Waals surface area contributed by atoms with E-state index in [2.05, 4.69) is 5.32 Å². The van der Waals surface area contributed by atoms with E-state index in [0.717, 1.165) is 16.9 Å². The van der Waals surface area contributed by atoms with Crippen molar-refractivity contribution >= 4 is 11.9 Å². The van der Waals surface area contributed by atoms with Gasteiger partial charge in [0.1, 0.15) is 23.0 Å². The van der Waals surface area contributed by atoms with E-state index in [-0.39, 0.29) is 19.1 Å². The predicted molar refractivity (Wildman–Crippen MR) is 120 cm³/mol. The minimum Gasteiger partial charge on any atom is -0.497 e. The van der Waals surface area contributed by atoms with E-state index in [1.807, 2.05) is 49.4 Å². The molecule has 0 fully saturated rings. The summed E-state index contributed by atoms with van der Waals surface area (Å²) in [5.74, 6) is 1.84. The van der Waals surface area contributed by atoms with E-state index in [1.165, 1.54) is 0 Å². The minimum absolute atomic E-state index is 0.119. The number of amides is 1. The quantitative estimate of drug-likeness (QED) is 0.476. The van der Waals surface area contributed by atoms with Gasteiger partial charge in [-0.1, -0.05) is 30.3 Å². The van der Waals surface area contributed by atoms with Crippen LogP contribution >= 0.6 is 0 Å². The summed E-state index contributed by atoms with van der Waals surface area (Å²) in [5, 5.41) is 2.80. The Kier molecular flexibility index (Phi) is 7.91. The summed E-state index contributed by atoms with van der Waals surface area (Å²) in [7, 11) is 3.13. The summed E-state index contributed by atoms with van der Waals surface area (Å²) >= 11 is 0. The Morgan fingerprint density at radius 1 is 1.00 bits per heavy atom. The molecule has 1 aromatic heterocycles. The van der Waals surface area contributed by atoms with Gasteiger partial charge in [-0.05, 0) is 37.3 Å². The van der Waals surface area contributed by atoms with Crippen molar-refractivity contribution in [2.75, 3.05) is 20.8 Å². The molecule has 0 aliphatic rings. The third-order valence-corrected chi connectivity index (χ3v) is 4.94. The van der Waals surface area contributed by atoms with Gasteiger partial charge in [0.2, 0.25) is 0 Å². The van der Waals surface area contributed by atoms with Gasteiger partial charge in [-0.25, -0.2) is 0 Å². The second-order valence-electron chi connectivity index (χ2n) is 7.19. The van der Waals surface area contributed by atoms with Crippen LogP contribution in [0.25, 0.3) is 11.3 Å². The first-order valence-electron chi connectivity index (χ1n) is 10.3. The highest BCUT2D eigenvalue weighted by Crippen LogP contribution is 2.29. The largest absolute Gasteiger partial charge is 0.497 e. The molecule has 0 spiro atoms. The van der Waals surface area contributed by atoms with Crippen LogP contribution in [0.1, 0.15) is 30.7 Å². The van der Waals surface area contributed by atoms with Crippen molar-refractivity contribution in [2.45, 2.75) is 25.8 Å². The second kappa shape index (κ2) is 11.0. The zero-order valence-electron chi connectivity index (χ0n) is 18.4. The molecule has 32 heavy (non-hydrogen) atoms. The smallest absolute Gasteiger partial charge is 0.306 e. The van der Waals surface area contributed by atoms with Gasteiger partial charge in [-0.15, -0.1) is 0 Å². The summed E-state index contributed by atoms with van der Waals surface area (Å²) in [6.07, 6.45) is 0.513. The fraction of sp³-hybridized carbons (Fsp3) is 0.280. The zero-order chi connectivity index (χ0) is 22.9. The summed E-state index contributed by atoms with van der Waals surface area (Å²) in [6.45, 7) is 1.46. The highest BCUT2D eigenvalue weighted by atomic mass is 16.5. The van der Waals surface area contributed by atoms with Crippen LogP contribution in [0.4, 0.5) is 0 Å². The van der Waals surface area contributed by atoms with Crippen LogP contribution in [0.15, 0.2) is 65.1 Å². The fourth-order valence-electron chi connectivity index (χ4n) is 3.25. The molecule has 0 aliphatic carbocycles. The molecule has 1 atom stereocenters. The molecule has 7 heteroatoms. The lowest BCUT2D eigenvalue weighted by molar-refractivity contribution is -0.148. The van der Waals surface area contributed by atoms with Crippen molar-refractivity contribution in [3.8, 4) is 22.8 Å². The molecule has 168 valence electrons. The Bertz CT molecular complexity index is 1040. The van der Waals surface area contributed by atoms with Gasteiger partial charge in [0.05, 0.1) is 26.7 Å². The van der Waals surface area contributed by atoms with Crippen LogP contribution < -0.4 is 14.8 Å². The van der Waals surface area contributed by atoms with Gasteiger partial charge >= 0.3 is 5.97 Å². The van der Waals surface area contributed by atoms with Crippen LogP contribution in [-0.2, 0) is 20.7 Å². The van der Waals surface area contributed by atoms with E-state index in [1.54, 1.807) is 32.4 Å². The normalized spacial score (nSPS) is 11.5. The van der Waals surface area contributed by atoms with Crippen molar-refractivity contribution in [3.05, 3.63) is 72.0 Å². The molecule has 1 unspecified atom stereocenters. The van der Waals surface area contributed by atoms with Crippen LogP contribution in [-0.4, -0.2) is 32.7 Å². The first kappa shape index (κ1) is 22.9. The summed E-state index contributed by atoms with van der Waals surface area (Å²) < 4.78 is 21.5. The molecular weight excluding hydrogens is 410 g/mol. The third kappa shape index (κ3) is 6.14. The van der Waals surface area contributed by atoms with Gasteiger partial charge in [-0.2, -0.15) is 0 Å². The third-order valence-electron chi connectivity index (χ3n) is 4.94. The van der Waals surface area contributed by atoms with Crippen LogP contribution in [0.2, 0.25) is 0 Å². The number of ether oxygens (including phenoxy) is 3. The number of carbonyl (C=O) groups excluding carboxylic acids is 2. The Morgan fingerprint density at radius 2 is 1.78 bits per heavy atom. The Balaban J connectivity index is 1.45. The first-order chi connectivity index (χ1) is 15.5. The second-order valence-corrected chi connectivity index (χ2v) is 7.19. The van der Waals surface area contributed by atoms with E-state index in [4.69, 9.17) is 18.6 Å². The van der Waals surface area contributed by atoms with Crippen LogP contribution in [0.3, 0.4) is 0 Å². The van der Waals surface area contributed by atoms with Crippen molar-refractivity contribution in [1.82, 2.24) is 5.32 Å². The summed E-state index contributed by atoms with van der Waals surface area (Å²) in [5.41, 5.74) is 1.73. The molecule has 3 aromatic rings. The number of hydrogen-bond donors (Lipinski definition) is 1. The number of nitrogens with one attached hydrogen (secondary N) is 1. The number of esters is 1. The average molecular weight is 437 g/mol. The lowest BCUT2D eigenvalue weighted by Crippen LogP contribution is -2.31. The van der Waals surface area contributed by atoms with Gasteiger partial charge in [-0.3, -0.25) is 9.59 Å². The van der Waals surface area contributed by atoms with Crippen molar-refractivity contribution in [3.63, 3.8) is 0 Å². The number of aryl methyl sites for hydroxylation is 1. The standard InChI is InChI=1S/C25H27NO6/c1-17(21-15-20(29-2)10-13-23(21)30-3)26-24(27)16-31-25(28)14-11-19-9-12-22(32-19)18-7-5-4-6-8-18/h4-10,12-13,15,17H,11,14,16H2,1-3H3,(H,26,27). The molecule has 7 nitrogen and oxygen atoms in total. The maximum absolute atomic E-state index is 12.2. The molecule has 1 heterocycles. The Labute approximate surface area is 187 Å². The average Bonchev–Trinajstić information content (AvgIpc) is 3.30. The minimum atomic E-state index is -0.468. The first-order valence-corrected chi connectivity index (χ1v) is 10.3. The van der Waals surface area contributed by atoms with E-state index >= 15 is 0 Å². The summed E-state index contributed by atoms with van der Waals surface area (Å²) in [4.78, 5) is 24.3. The Hall–Kier alpha value is -3.74. The molecule has 0 saturated heterocycles. The summed E-state index contributed by atoms with van der Waals surface area (Å²) in [6, 6.07) is 18.4. The fourth-order valence-corrected chi connectivity index (χ4v) is 3.25. The number of benzene rings is 2. The SMILES string of the molecule is COc1ccc(OC)c(C(C)NC(=O)COC(=O)CCc2ccc(-c3ccccc3)o2)c1. The number of carbonyl (C=O) groups is 2. The van der Waals surface area contributed by atoms with Crippen molar-refractivity contribution in [1.29, 1.82) is 0 Å². The topological polar surface area (TPSA) is 87.0 Å². The monoisotopic (exact) mass is 437 g/mol. The van der Waals surface area contributed by atoms with E-state index in [0.29, 0.717) is 23.7 Å². The van der Waals surface area contributed by atoms with Crippen molar-refractivity contribution < 1.29 is 28.2 Å². The lowest BCUT2D eigenvalue weighted by Gasteiger charge is -2.18. The highest BCUT2D eigenvalue weighted by molar-refractivity contribution is 5.81. The van der Waals surface area contributed by atoms with E-state index < -0.39 is 11.9 Å². The molecule has 2 aromatic carbocycles. The van der Waals surface area contributed by atoms with Gasteiger partial charge < -0.3 is 23.9 Å². The lowest BCUT2D eigenvalue weighted by atomic mass is 10.1. The zero-order valence-corrected chi connectivity index (χ0v) is 18.4. The van der Waals surface area contributed by atoms with Crippen molar-refractivity contribution in [2.24, 2.45) is 0 Å². The Morgan fingerprint density at radius 3 is 2.50 bits per heavy atom. The highest BCUT2D eigenvalue weighted by Gasteiger charge is 2.17. The molecule has 1 amide bonds. The van der Waals surface area contributed by atoms with Crippen LogP contribution in [0.5, 0.6) is 11.5 Å². The molecule has 1 N–H and O–H groups in total. The number of furan rings is 1. The number of methoxy groups -OCH3 is 2. The molecule has 0 bridgehead atoms.